The third-order valence-corrected chi connectivity index (χ3v) is 3.73. The lowest BCUT2D eigenvalue weighted by atomic mass is 10.0. The van der Waals surface area contributed by atoms with Crippen molar-refractivity contribution >= 4 is 28.5 Å². The van der Waals surface area contributed by atoms with Crippen molar-refractivity contribution in [1.82, 2.24) is 0 Å². The van der Waals surface area contributed by atoms with E-state index < -0.39 is 11.6 Å². The Balaban J connectivity index is 2.09. The predicted molar refractivity (Wildman–Crippen MR) is 88.9 cm³/mol. The number of hydrogen-bond acceptors (Lipinski definition) is 4. The first-order valence-electron chi connectivity index (χ1n) is 7.10. The highest BCUT2D eigenvalue weighted by Crippen LogP contribution is 2.26. The summed E-state index contributed by atoms with van der Waals surface area (Å²) in [7, 11) is 0. The Bertz CT molecular complexity index is 943. The summed E-state index contributed by atoms with van der Waals surface area (Å²) in [6, 6.07) is 13.8. The van der Waals surface area contributed by atoms with Crippen LogP contribution >= 0.6 is 11.6 Å². The molecule has 0 N–H and O–H groups in total. The normalized spacial score (nSPS) is 10.7. The molecule has 0 fully saturated rings. The van der Waals surface area contributed by atoms with E-state index in [1.54, 1.807) is 43.3 Å². The fourth-order valence-corrected chi connectivity index (χ4v) is 2.58. The topological polar surface area (TPSA) is 56.5 Å². The summed E-state index contributed by atoms with van der Waals surface area (Å²) in [6.07, 6.45) is 0. The number of halogens is 1. The molecule has 0 atom stereocenters. The number of carbonyl (C=O) groups is 1. The van der Waals surface area contributed by atoms with Crippen molar-refractivity contribution in [2.75, 3.05) is 6.61 Å². The van der Waals surface area contributed by atoms with E-state index in [0.717, 1.165) is 5.39 Å². The van der Waals surface area contributed by atoms with Gasteiger partial charge < -0.3 is 9.15 Å². The van der Waals surface area contributed by atoms with Crippen molar-refractivity contribution in [1.29, 1.82) is 0 Å². The van der Waals surface area contributed by atoms with Gasteiger partial charge in [-0.2, -0.15) is 0 Å². The van der Waals surface area contributed by atoms with Gasteiger partial charge in [-0.3, -0.25) is 0 Å². The third kappa shape index (κ3) is 2.98. The van der Waals surface area contributed by atoms with Gasteiger partial charge in [0, 0.05) is 5.39 Å². The molecule has 0 saturated heterocycles. The summed E-state index contributed by atoms with van der Waals surface area (Å²) < 4.78 is 10.2. The second-order valence-electron chi connectivity index (χ2n) is 4.90. The van der Waals surface area contributed by atoms with E-state index in [1.165, 1.54) is 0 Å². The van der Waals surface area contributed by atoms with Crippen LogP contribution in [0.5, 0.6) is 0 Å². The van der Waals surface area contributed by atoms with E-state index in [2.05, 4.69) is 0 Å². The SMILES string of the molecule is CCOC(=O)c1ccc(-c2cc3ccccc3oc2=O)cc1Cl. The molecular formula is C18H13ClO4. The monoisotopic (exact) mass is 328 g/mol. The molecule has 0 aliphatic heterocycles. The van der Waals surface area contributed by atoms with E-state index in [4.69, 9.17) is 20.8 Å². The fraction of sp³-hybridized carbons (Fsp3) is 0.111. The predicted octanol–water partition coefficient (Wildman–Crippen LogP) is 4.29. The Morgan fingerprint density at radius 3 is 2.70 bits per heavy atom. The molecule has 5 heteroatoms. The van der Waals surface area contributed by atoms with Gasteiger partial charge in [0.05, 0.1) is 22.8 Å². The maximum Gasteiger partial charge on any atom is 0.344 e. The Morgan fingerprint density at radius 1 is 1.17 bits per heavy atom. The lowest BCUT2D eigenvalue weighted by Crippen LogP contribution is -2.06. The summed E-state index contributed by atoms with van der Waals surface area (Å²) in [5.41, 5.74) is 1.31. The molecule has 0 radical (unpaired) electrons. The van der Waals surface area contributed by atoms with E-state index in [1.807, 2.05) is 12.1 Å². The molecule has 4 nitrogen and oxygen atoms in total. The van der Waals surface area contributed by atoms with Crippen LogP contribution in [0.4, 0.5) is 0 Å². The maximum atomic E-state index is 12.2. The van der Waals surface area contributed by atoms with Gasteiger partial charge in [0.15, 0.2) is 0 Å². The van der Waals surface area contributed by atoms with Gasteiger partial charge >= 0.3 is 11.6 Å². The minimum atomic E-state index is -0.491. The minimum Gasteiger partial charge on any atom is -0.462 e. The molecule has 116 valence electrons. The Kier molecular flexibility index (Phi) is 4.17. The van der Waals surface area contributed by atoms with Gasteiger partial charge in [0.2, 0.25) is 0 Å². The minimum absolute atomic E-state index is 0.230. The summed E-state index contributed by atoms with van der Waals surface area (Å²) in [5.74, 6) is -0.491. The van der Waals surface area contributed by atoms with Crippen molar-refractivity contribution < 1.29 is 13.9 Å². The van der Waals surface area contributed by atoms with Gasteiger partial charge in [-0.1, -0.05) is 35.9 Å². The molecule has 0 unspecified atom stereocenters. The molecule has 0 aliphatic carbocycles. The second kappa shape index (κ2) is 6.26. The summed E-state index contributed by atoms with van der Waals surface area (Å²) in [6.45, 7) is 1.99. The highest BCUT2D eigenvalue weighted by atomic mass is 35.5. The zero-order valence-corrected chi connectivity index (χ0v) is 13.1. The molecule has 3 rings (SSSR count). The number of carbonyl (C=O) groups excluding carboxylic acids is 1. The van der Waals surface area contributed by atoms with Gasteiger partial charge in [-0.15, -0.1) is 0 Å². The zero-order chi connectivity index (χ0) is 16.4. The molecule has 3 aromatic rings. The van der Waals surface area contributed by atoms with E-state index in [9.17, 15) is 9.59 Å². The number of hydrogen-bond donors (Lipinski definition) is 0. The number of ether oxygens (including phenoxy) is 1. The molecule has 0 aliphatic rings. The quantitative estimate of drug-likeness (QED) is 0.531. The van der Waals surface area contributed by atoms with Gasteiger partial charge in [0.25, 0.3) is 0 Å². The Morgan fingerprint density at radius 2 is 1.96 bits per heavy atom. The van der Waals surface area contributed by atoms with Crippen LogP contribution < -0.4 is 5.63 Å². The average molecular weight is 329 g/mol. The van der Waals surface area contributed by atoms with Crippen LogP contribution in [0.1, 0.15) is 17.3 Å². The molecule has 0 bridgehead atoms. The molecule has 23 heavy (non-hydrogen) atoms. The average Bonchev–Trinajstić information content (AvgIpc) is 2.54. The van der Waals surface area contributed by atoms with Crippen molar-refractivity contribution in [2.24, 2.45) is 0 Å². The van der Waals surface area contributed by atoms with Crippen LogP contribution in [-0.2, 0) is 4.74 Å². The highest BCUT2D eigenvalue weighted by molar-refractivity contribution is 6.33. The maximum absolute atomic E-state index is 12.2. The summed E-state index contributed by atoms with van der Waals surface area (Å²) >= 11 is 6.15. The van der Waals surface area contributed by atoms with Crippen molar-refractivity contribution in [2.45, 2.75) is 6.92 Å². The van der Waals surface area contributed by atoms with E-state index in [-0.39, 0.29) is 17.2 Å². The molecule has 1 heterocycles. The van der Waals surface area contributed by atoms with Crippen molar-refractivity contribution in [3.05, 3.63) is 69.5 Å². The molecule has 0 spiro atoms. The van der Waals surface area contributed by atoms with Crippen LogP contribution in [0.3, 0.4) is 0 Å². The number of esters is 1. The zero-order valence-electron chi connectivity index (χ0n) is 12.3. The third-order valence-electron chi connectivity index (χ3n) is 3.42. The number of benzene rings is 2. The fourth-order valence-electron chi connectivity index (χ4n) is 2.32. The van der Waals surface area contributed by atoms with Gasteiger partial charge in [0.1, 0.15) is 5.58 Å². The van der Waals surface area contributed by atoms with Gasteiger partial charge in [-0.05, 0) is 36.8 Å². The van der Waals surface area contributed by atoms with Crippen molar-refractivity contribution in [3.8, 4) is 11.1 Å². The molecule has 0 saturated carbocycles. The van der Waals surface area contributed by atoms with Gasteiger partial charge in [-0.25, -0.2) is 9.59 Å². The first-order chi connectivity index (χ1) is 11.1. The first kappa shape index (κ1) is 15.3. The largest absolute Gasteiger partial charge is 0.462 e. The number of para-hydroxylation sites is 1. The molecule has 2 aromatic carbocycles. The molecular weight excluding hydrogens is 316 g/mol. The standard InChI is InChI=1S/C18H13ClO4/c1-2-22-17(20)13-8-7-11(10-15(13)19)14-9-12-5-3-4-6-16(12)23-18(14)21/h3-10H,2H2,1H3. The van der Waals surface area contributed by atoms with Crippen LogP contribution in [-0.4, -0.2) is 12.6 Å². The van der Waals surface area contributed by atoms with E-state index >= 15 is 0 Å². The number of fused-ring (bicyclic) bond motifs is 1. The summed E-state index contributed by atoms with van der Waals surface area (Å²) in [5, 5.41) is 1.04. The van der Waals surface area contributed by atoms with Crippen LogP contribution in [0.2, 0.25) is 5.02 Å². The highest BCUT2D eigenvalue weighted by Gasteiger charge is 2.14. The van der Waals surface area contributed by atoms with E-state index in [0.29, 0.717) is 16.7 Å². The molecule has 0 amide bonds. The number of rotatable bonds is 3. The Labute approximate surface area is 137 Å². The summed E-state index contributed by atoms with van der Waals surface area (Å²) in [4.78, 5) is 23.9. The van der Waals surface area contributed by atoms with Crippen LogP contribution in [0.15, 0.2) is 57.7 Å². The lowest BCUT2D eigenvalue weighted by molar-refractivity contribution is 0.0526. The second-order valence-corrected chi connectivity index (χ2v) is 5.31. The van der Waals surface area contributed by atoms with Crippen LogP contribution in [0.25, 0.3) is 22.1 Å². The first-order valence-corrected chi connectivity index (χ1v) is 7.48. The van der Waals surface area contributed by atoms with Crippen LogP contribution in [0, 0.1) is 0 Å². The smallest absolute Gasteiger partial charge is 0.344 e. The molecule has 1 aromatic heterocycles. The lowest BCUT2D eigenvalue weighted by Gasteiger charge is -2.07. The Hall–Kier alpha value is -2.59. The van der Waals surface area contributed by atoms with Crippen molar-refractivity contribution in [3.63, 3.8) is 0 Å².